The van der Waals surface area contributed by atoms with Crippen LogP contribution in [0.25, 0.3) is 0 Å². The Bertz CT molecular complexity index is 450. The fraction of sp³-hybridized carbons (Fsp3) is 0.588. The molecule has 110 valence electrons. The Morgan fingerprint density at radius 3 is 2.70 bits per heavy atom. The Labute approximate surface area is 122 Å². The summed E-state index contributed by atoms with van der Waals surface area (Å²) >= 11 is 0. The number of hydrogen-bond acceptors (Lipinski definition) is 2. The van der Waals surface area contributed by atoms with Gasteiger partial charge in [0.05, 0.1) is 0 Å². The normalized spacial score (nSPS) is 22.6. The summed E-state index contributed by atoms with van der Waals surface area (Å²) in [7, 11) is 0. The number of piperidine rings is 1. The number of amides is 1. The highest BCUT2D eigenvalue weighted by molar-refractivity contribution is 5.78. The third-order valence-corrected chi connectivity index (χ3v) is 4.31. The number of nitrogens with one attached hydrogen (secondary N) is 2. The van der Waals surface area contributed by atoms with Crippen molar-refractivity contribution in [3.63, 3.8) is 0 Å². The molecular formula is C17H26N2O. The molecule has 3 heteroatoms. The van der Waals surface area contributed by atoms with Crippen LogP contribution in [0.3, 0.4) is 0 Å². The quantitative estimate of drug-likeness (QED) is 0.885. The molecule has 1 aromatic carbocycles. The lowest BCUT2D eigenvalue weighted by Crippen LogP contribution is -2.42. The number of rotatable bonds is 4. The summed E-state index contributed by atoms with van der Waals surface area (Å²) in [5.41, 5.74) is 4.00. The van der Waals surface area contributed by atoms with Crippen LogP contribution in [0.5, 0.6) is 0 Å². The van der Waals surface area contributed by atoms with E-state index in [1.807, 2.05) is 0 Å². The van der Waals surface area contributed by atoms with Gasteiger partial charge in [0, 0.05) is 18.5 Å². The fourth-order valence-corrected chi connectivity index (χ4v) is 3.07. The minimum Gasteiger partial charge on any atom is -0.356 e. The lowest BCUT2D eigenvalue weighted by Gasteiger charge is -2.27. The van der Waals surface area contributed by atoms with E-state index in [1.54, 1.807) is 0 Å². The number of hydrogen-bond donors (Lipinski definition) is 2. The topological polar surface area (TPSA) is 41.1 Å². The zero-order valence-electron chi connectivity index (χ0n) is 12.8. The van der Waals surface area contributed by atoms with E-state index in [9.17, 15) is 4.79 Å². The fourth-order valence-electron chi connectivity index (χ4n) is 3.07. The van der Waals surface area contributed by atoms with Crippen molar-refractivity contribution in [1.29, 1.82) is 0 Å². The zero-order chi connectivity index (χ0) is 14.5. The van der Waals surface area contributed by atoms with Gasteiger partial charge >= 0.3 is 0 Å². The van der Waals surface area contributed by atoms with Gasteiger partial charge in [0.2, 0.25) is 5.91 Å². The highest BCUT2D eigenvalue weighted by Gasteiger charge is 2.24. The van der Waals surface area contributed by atoms with Crippen LogP contribution < -0.4 is 10.6 Å². The van der Waals surface area contributed by atoms with Gasteiger partial charge in [-0.1, -0.05) is 18.2 Å². The number of aryl methyl sites for hydroxylation is 2. The molecule has 0 aliphatic carbocycles. The molecule has 0 spiro atoms. The van der Waals surface area contributed by atoms with Gasteiger partial charge in [-0.2, -0.15) is 0 Å². The summed E-state index contributed by atoms with van der Waals surface area (Å²) in [4.78, 5) is 12.2. The molecule has 0 bridgehead atoms. The van der Waals surface area contributed by atoms with Gasteiger partial charge in [0.25, 0.3) is 0 Å². The van der Waals surface area contributed by atoms with Gasteiger partial charge in [-0.3, -0.25) is 4.79 Å². The monoisotopic (exact) mass is 274 g/mol. The molecule has 2 rings (SSSR count). The molecule has 1 fully saturated rings. The smallest absolute Gasteiger partial charge is 0.223 e. The first-order valence-electron chi connectivity index (χ1n) is 7.64. The Morgan fingerprint density at radius 2 is 2.05 bits per heavy atom. The average molecular weight is 274 g/mol. The first-order valence-corrected chi connectivity index (χ1v) is 7.64. The van der Waals surface area contributed by atoms with Crippen molar-refractivity contribution in [3.8, 4) is 0 Å². The van der Waals surface area contributed by atoms with Crippen molar-refractivity contribution in [1.82, 2.24) is 10.6 Å². The molecule has 1 amide bonds. The third-order valence-electron chi connectivity index (χ3n) is 4.31. The highest BCUT2D eigenvalue weighted by Crippen LogP contribution is 2.16. The van der Waals surface area contributed by atoms with Crippen LogP contribution in [0.4, 0.5) is 0 Å². The van der Waals surface area contributed by atoms with Crippen LogP contribution in [0.2, 0.25) is 0 Å². The van der Waals surface area contributed by atoms with Crippen molar-refractivity contribution in [2.75, 3.05) is 13.1 Å². The zero-order valence-corrected chi connectivity index (χ0v) is 12.8. The van der Waals surface area contributed by atoms with E-state index in [4.69, 9.17) is 0 Å². The molecule has 1 saturated heterocycles. The van der Waals surface area contributed by atoms with E-state index >= 15 is 0 Å². The molecule has 1 heterocycles. The predicted molar refractivity (Wildman–Crippen MR) is 82.8 cm³/mol. The van der Waals surface area contributed by atoms with Crippen molar-refractivity contribution < 1.29 is 4.79 Å². The molecule has 1 aliphatic heterocycles. The maximum absolute atomic E-state index is 12.2. The van der Waals surface area contributed by atoms with Crippen LogP contribution in [0, 0.1) is 19.8 Å². The van der Waals surface area contributed by atoms with Crippen molar-refractivity contribution in [3.05, 3.63) is 34.9 Å². The van der Waals surface area contributed by atoms with Crippen molar-refractivity contribution in [2.45, 2.75) is 46.1 Å². The lowest BCUT2D eigenvalue weighted by atomic mass is 9.92. The third kappa shape index (κ3) is 3.83. The summed E-state index contributed by atoms with van der Waals surface area (Å²) in [6, 6.07) is 6.82. The van der Waals surface area contributed by atoms with Crippen LogP contribution >= 0.6 is 0 Å². The Balaban J connectivity index is 1.82. The average Bonchev–Trinajstić information content (AvgIpc) is 2.42. The van der Waals surface area contributed by atoms with E-state index in [-0.39, 0.29) is 11.8 Å². The molecule has 0 aromatic heterocycles. The molecule has 1 aromatic rings. The molecule has 2 N–H and O–H groups in total. The van der Waals surface area contributed by atoms with E-state index in [0.717, 1.165) is 32.4 Å². The number of benzene rings is 1. The molecule has 0 saturated carbocycles. The number of carbonyl (C=O) groups is 1. The summed E-state index contributed by atoms with van der Waals surface area (Å²) in [5.74, 6) is 0.411. The van der Waals surface area contributed by atoms with E-state index in [1.165, 1.54) is 16.7 Å². The number of carbonyl (C=O) groups excluding carboxylic acids is 1. The Morgan fingerprint density at radius 1 is 1.35 bits per heavy atom. The summed E-state index contributed by atoms with van der Waals surface area (Å²) in [6.45, 7) is 8.12. The molecule has 3 nitrogen and oxygen atoms in total. The van der Waals surface area contributed by atoms with Gasteiger partial charge in [0.15, 0.2) is 0 Å². The minimum atomic E-state index is 0.184. The molecule has 0 unspecified atom stereocenters. The highest BCUT2D eigenvalue weighted by atomic mass is 16.1. The first-order chi connectivity index (χ1) is 9.58. The maximum atomic E-state index is 12.2. The lowest BCUT2D eigenvalue weighted by molar-refractivity contribution is -0.126. The molecule has 0 radical (unpaired) electrons. The first kappa shape index (κ1) is 15.0. The second-order valence-electron chi connectivity index (χ2n) is 5.99. The van der Waals surface area contributed by atoms with Crippen LogP contribution in [0.15, 0.2) is 18.2 Å². The molecule has 2 atom stereocenters. The molecule has 1 aliphatic rings. The van der Waals surface area contributed by atoms with Gasteiger partial charge < -0.3 is 10.6 Å². The standard InChI is InChI=1S/C17H26N2O/c1-12-5-4-6-13(2)16(12)8-10-19-17(20)15-7-9-18-14(3)11-15/h4-6,14-15,18H,7-11H2,1-3H3,(H,19,20)/t14-,15-/m0/s1. The largest absolute Gasteiger partial charge is 0.356 e. The predicted octanol–water partition coefficient (Wildman–Crippen LogP) is 2.35. The summed E-state index contributed by atoms with van der Waals surface area (Å²) < 4.78 is 0. The van der Waals surface area contributed by atoms with Gasteiger partial charge in [-0.15, -0.1) is 0 Å². The summed E-state index contributed by atoms with van der Waals surface area (Å²) in [5, 5.41) is 6.49. The second-order valence-corrected chi connectivity index (χ2v) is 5.99. The van der Waals surface area contributed by atoms with Crippen LogP contribution in [-0.4, -0.2) is 25.0 Å². The van der Waals surface area contributed by atoms with E-state index in [2.05, 4.69) is 49.6 Å². The van der Waals surface area contributed by atoms with E-state index < -0.39 is 0 Å². The van der Waals surface area contributed by atoms with Gasteiger partial charge in [-0.05, 0) is 63.3 Å². The second kappa shape index (κ2) is 6.89. The Hall–Kier alpha value is -1.35. The van der Waals surface area contributed by atoms with Crippen LogP contribution in [-0.2, 0) is 11.2 Å². The molecule has 20 heavy (non-hydrogen) atoms. The summed E-state index contributed by atoms with van der Waals surface area (Å²) in [6.07, 6.45) is 2.83. The Kier molecular flexibility index (Phi) is 5.18. The van der Waals surface area contributed by atoms with Crippen LogP contribution in [0.1, 0.15) is 36.5 Å². The van der Waals surface area contributed by atoms with Crippen molar-refractivity contribution in [2.24, 2.45) is 5.92 Å². The SMILES string of the molecule is Cc1cccc(C)c1CCNC(=O)[C@H]1CCN[C@@H](C)C1. The molecular weight excluding hydrogens is 248 g/mol. The van der Waals surface area contributed by atoms with Crippen molar-refractivity contribution >= 4 is 5.91 Å². The van der Waals surface area contributed by atoms with E-state index in [0.29, 0.717) is 6.04 Å². The van der Waals surface area contributed by atoms with Gasteiger partial charge in [0.1, 0.15) is 0 Å². The van der Waals surface area contributed by atoms with Gasteiger partial charge in [-0.25, -0.2) is 0 Å². The maximum Gasteiger partial charge on any atom is 0.223 e. The minimum absolute atomic E-state index is 0.184.